The van der Waals surface area contributed by atoms with Gasteiger partial charge in [-0.25, -0.2) is 0 Å². The first kappa shape index (κ1) is 35.1. The minimum Gasteiger partial charge on any atom is -0.493 e. The Kier molecular flexibility index (Phi) is 8.70. The fraction of sp³-hybridized carbons (Fsp3) is 0.462. The zero-order valence-corrected chi connectivity index (χ0v) is 30.9. The lowest BCUT2D eigenvalue weighted by atomic mass is 9.55. The molecule has 1 unspecified atom stereocenters. The van der Waals surface area contributed by atoms with Crippen LogP contribution in [-0.4, -0.2) is 65.4 Å². The second kappa shape index (κ2) is 12.4. The number of ether oxygens (including phenoxy) is 6. The summed E-state index contributed by atoms with van der Waals surface area (Å²) in [6.07, 6.45) is 4.04. The third-order valence-corrected chi connectivity index (χ3v) is 12.1. The summed E-state index contributed by atoms with van der Waals surface area (Å²) in [4.78, 5) is 38.7. The molecule has 2 heterocycles. The van der Waals surface area contributed by atoms with E-state index in [9.17, 15) is 19.5 Å². The maximum absolute atomic E-state index is 13.9. The SMILES string of the molecule is C=C(C)[C@]12C[C@@H](C)[C@@]34OC(Cc5ccccc5)(O[C@@H]1[C@@H]3C=C(COC(=O)Cc1cc(OC)c(OC(C)=O)cc1I)C[C@]1(O)C(=O)C(C)=C[C@@H]41)O2. The molecule has 0 radical (unpaired) electrons. The molecule has 0 spiro atoms. The number of carbonyl (C=O) groups excluding carboxylic acids is 3. The van der Waals surface area contributed by atoms with Crippen LogP contribution in [0.2, 0.25) is 0 Å². The predicted molar refractivity (Wildman–Crippen MR) is 189 cm³/mol. The van der Waals surface area contributed by atoms with Crippen molar-refractivity contribution in [3.05, 3.63) is 92.6 Å². The lowest BCUT2D eigenvalue weighted by Crippen LogP contribution is -2.70. The molecular weight excluding hydrogens is 755 g/mol. The summed E-state index contributed by atoms with van der Waals surface area (Å²) in [6.45, 7) is 11.3. The maximum atomic E-state index is 13.9. The van der Waals surface area contributed by atoms with Gasteiger partial charge >= 0.3 is 11.9 Å². The van der Waals surface area contributed by atoms with Gasteiger partial charge in [0.25, 0.3) is 5.97 Å². The van der Waals surface area contributed by atoms with Crippen molar-refractivity contribution in [2.24, 2.45) is 17.8 Å². The molecule has 3 fully saturated rings. The van der Waals surface area contributed by atoms with Crippen LogP contribution in [0.5, 0.6) is 11.5 Å². The molecule has 264 valence electrons. The van der Waals surface area contributed by atoms with Gasteiger partial charge in [-0.15, -0.1) is 0 Å². The molecule has 10 nitrogen and oxygen atoms in total. The quantitative estimate of drug-likeness (QED) is 0.149. The molecule has 3 bridgehead atoms. The topological polar surface area (TPSA) is 127 Å². The van der Waals surface area contributed by atoms with Gasteiger partial charge in [0.1, 0.15) is 23.9 Å². The second-order valence-corrected chi connectivity index (χ2v) is 15.5. The summed E-state index contributed by atoms with van der Waals surface area (Å²) in [5, 5.41) is 12.5. The summed E-state index contributed by atoms with van der Waals surface area (Å²) in [7, 11) is 1.45. The molecule has 2 saturated heterocycles. The molecule has 0 amide bonds. The highest BCUT2D eigenvalue weighted by Gasteiger charge is 2.79. The predicted octanol–water partition coefficient (Wildman–Crippen LogP) is 5.57. The number of Topliss-reactive ketones (excluding diaryl/α,β-unsaturated/α-hetero) is 1. The van der Waals surface area contributed by atoms with E-state index in [1.807, 2.05) is 49.4 Å². The van der Waals surface area contributed by atoms with Crippen molar-refractivity contribution in [2.45, 2.75) is 82.3 Å². The number of aliphatic hydroxyl groups is 1. The Morgan fingerprint density at radius 2 is 1.84 bits per heavy atom. The smallest absolute Gasteiger partial charge is 0.310 e. The van der Waals surface area contributed by atoms with E-state index in [0.29, 0.717) is 38.9 Å². The normalized spacial score (nSPS) is 35.0. The van der Waals surface area contributed by atoms with E-state index in [2.05, 4.69) is 36.1 Å². The summed E-state index contributed by atoms with van der Waals surface area (Å²) >= 11 is 2.07. The first-order valence-electron chi connectivity index (χ1n) is 16.8. The summed E-state index contributed by atoms with van der Waals surface area (Å²) < 4.78 is 38.1. The molecule has 0 aromatic heterocycles. The highest BCUT2D eigenvalue weighted by Crippen LogP contribution is 2.68. The van der Waals surface area contributed by atoms with Crippen LogP contribution in [0.15, 0.2) is 77.9 Å². The van der Waals surface area contributed by atoms with Gasteiger partial charge in [-0.3, -0.25) is 14.4 Å². The summed E-state index contributed by atoms with van der Waals surface area (Å²) in [5.41, 5.74) is -0.325. The highest BCUT2D eigenvalue weighted by molar-refractivity contribution is 14.1. The van der Waals surface area contributed by atoms with Gasteiger partial charge in [-0.1, -0.05) is 56.0 Å². The van der Waals surface area contributed by atoms with Gasteiger partial charge in [-0.05, 0) is 88.8 Å². The number of rotatable bonds is 9. The Morgan fingerprint density at radius 1 is 1.10 bits per heavy atom. The second-order valence-electron chi connectivity index (χ2n) is 14.4. The molecule has 11 heteroatoms. The minimum atomic E-state index is -1.82. The number of esters is 2. The Bertz CT molecular complexity index is 1850. The molecular formula is C39H41IO10. The number of halogens is 1. The number of benzene rings is 2. The van der Waals surface area contributed by atoms with E-state index in [1.165, 1.54) is 14.0 Å². The number of hydrogen-bond acceptors (Lipinski definition) is 10. The molecule has 7 rings (SSSR count). The zero-order chi connectivity index (χ0) is 35.8. The van der Waals surface area contributed by atoms with Crippen LogP contribution in [0.4, 0.5) is 0 Å². The lowest BCUT2D eigenvalue weighted by Gasteiger charge is -2.59. The van der Waals surface area contributed by atoms with Crippen LogP contribution >= 0.6 is 22.6 Å². The fourth-order valence-corrected chi connectivity index (χ4v) is 9.60. The molecule has 8 atom stereocenters. The summed E-state index contributed by atoms with van der Waals surface area (Å²) in [5.74, 6) is -3.62. The lowest BCUT2D eigenvalue weighted by molar-refractivity contribution is -0.421. The molecule has 2 aromatic carbocycles. The Balaban J connectivity index is 1.23. The monoisotopic (exact) mass is 796 g/mol. The van der Waals surface area contributed by atoms with Crippen LogP contribution in [0.1, 0.15) is 51.7 Å². The van der Waals surface area contributed by atoms with Crippen LogP contribution in [0.25, 0.3) is 0 Å². The number of carbonyl (C=O) groups is 3. The Morgan fingerprint density at radius 3 is 2.52 bits per heavy atom. The Hall–Kier alpha value is -3.36. The van der Waals surface area contributed by atoms with Gasteiger partial charge in [-0.2, -0.15) is 0 Å². The molecule has 5 aliphatic rings. The Labute approximate surface area is 304 Å². The molecule has 1 N–H and O–H groups in total. The first-order valence-corrected chi connectivity index (χ1v) is 17.9. The van der Waals surface area contributed by atoms with Crippen LogP contribution in [-0.2, 0) is 46.2 Å². The van der Waals surface area contributed by atoms with Crippen molar-refractivity contribution < 1.29 is 47.9 Å². The average molecular weight is 797 g/mol. The summed E-state index contributed by atoms with van der Waals surface area (Å²) in [6, 6.07) is 13.1. The maximum Gasteiger partial charge on any atom is 0.310 e. The molecule has 2 aromatic rings. The van der Waals surface area contributed by atoms with Gasteiger partial charge in [0.15, 0.2) is 17.3 Å². The zero-order valence-electron chi connectivity index (χ0n) is 28.7. The van der Waals surface area contributed by atoms with E-state index in [4.69, 9.17) is 28.4 Å². The van der Waals surface area contributed by atoms with Crippen LogP contribution in [0.3, 0.4) is 0 Å². The van der Waals surface area contributed by atoms with Crippen LogP contribution in [0, 0.1) is 21.3 Å². The molecule has 1 saturated carbocycles. The average Bonchev–Trinajstić information content (AvgIpc) is 3.36. The number of hydrogen-bond donors (Lipinski definition) is 1. The fourth-order valence-electron chi connectivity index (χ4n) is 8.98. The molecule has 2 aliphatic heterocycles. The third-order valence-electron chi connectivity index (χ3n) is 11.1. The van der Waals surface area contributed by atoms with E-state index in [1.54, 1.807) is 19.1 Å². The van der Waals surface area contributed by atoms with Gasteiger partial charge in [0.2, 0.25) is 0 Å². The molecule has 50 heavy (non-hydrogen) atoms. The van der Waals surface area contributed by atoms with E-state index >= 15 is 0 Å². The van der Waals surface area contributed by atoms with E-state index in [-0.39, 0.29) is 36.9 Å². The van der Waals surface area contributed by atoms with Gasteiger partial charge in [0.05, 0.1) is 25.6 Å². The van der Waals surface area contributed by atoms with Crippen molar-refractivity contribution in [1.82, 2.24) is 0 Å². The standard InChI is InChI=1S/C39H41IO10/c1-21(2)37-17-23(4)39-28(35(37)48-38(49-37,50-39)19-25-10-8-7-9-11-25)13-26(18-36(44)32(39)12-22(3)34(36)43)20-46-33(42)15-27-14-30(45-6)31(16-29(27)40)47-24(5)41/h7-14,16,23,28,32,35,44H,1,15,17-20H2,2-6H3/t23-,28+,32-,35-,36-,37-,38?,39-/m1/s1. The number of ketones is 1. The van der Waals surface area contributed by atoms with Crippen molar-refractivity contribution >= 4 is 40.3 Å². The first-order chi connectivity index (χ1) is 23.7. The van der Waals surface area contributed by atoms with Crippen molar-refractivity contribution in [2.75, 3.05) is 13.7 Å². The van der Waals surface area contributed by atoms with Crippen molar-refractivity contribution in [1.29, 1.82) is 0 Å². The van der Waals surface area contributed by atoms with E-state index < -0.39 is 52.7 Å². The van der Waals surface area contributed by atoms with E-state index in [0.717, 1.165) is 11.1 Å². The highest BCUT2D eigenvalue weighted by atomic mass is 127. The third kappa shape index (κ3) is 5.39. The largest absolute Gasteiger partial charge is 0.493 e. The number of methoxy groups -OCH3 is 1. The minimum absolute atomic E-state index is 0.0340. The van der Waals surface area contributed by atoms with Crippen LogP contribution < -0.4 is 9.47 Å². The van der Waals surface area contributed by atoms with Crippen molar-refractivity contribution in [3.63, 3.8) is 0 Å². The van der Waals surface area contributed by atoms with Gasteiger partial charge < -0.3 is 33.5 Å². The van der Waals surface area contributed by atoms with Gasteiger partial charge in [0, 0.05) is 28.8 Å². The number of fused-ring (bicyclic) bond motifs is 2. The molecule has 3 aliphatic carbocycles. The van der Waals surface area contributed by atoms with Crippen molar-refractivity contribution in [3.8, 4) is 11.5 Å².